The van der Waals surface area contributed by atoms with Gasteiger partial charge in [-0.25, -0.2) is 4.68 Å². The molecule has 0 bridgehead atoms. The summed E-state index contributed by atoms with van der Waals surface area (Å²) >= 11 is 7.40. The minimum atomic E-state index is -4.14. The number of rotatable bonds is 8. The van der Waals surface area contributed by atoms with Gasteiger partial charge in [0.15, 0.2) is 11.3 Å². The molecule has 6 nitrogen and oxygen atoms in total. The number of thioether (sulfide) groups is 1. The maximum absolute atomic E-state index is 12.3. The van der Waals surface area contributed by atoms with Crippen LogP contribution in [0.5, 0.6) is 0 Å². The van der Waals surface area contributed by atoms with Crippen molar-refractivity contribution in [3.8, 4) is 5.69 Å². The van der Waals surface area contributed by atoms with E-state index in [-0.39, 0.29) is 23.9 Å². The summed E-state index contributed by atoms with van der Waals surface area (Å²) in [6.45, 7) is 0. The van der Waals surface area contributed by atoms with Crippen molar-refractivity contribution < 1.29 is 22.7 Å². The summed E-state index contributed by atoms with van der Waals surface area (Å²) in [4.78, 5) is 13.6. The van der Waals surface area contributed by atoms with Crippen molar-refractivity contribution in [3.05, 3.63) is 41.1 Å². The van der Waals surface area contributed by atoms with E-state index in [4.69, 9.17) is 11.6 Å². The van der Waals surface area contributed by atoms with Gasteiger partial charge in [0.1, 0.15) is 11.4 Å². The fraction of sp³-hybridized carbons (Fsp3) is 0.438. The van der Waals surface area contributed by atoms with Gasteiger partial charge in [-0.2, -0.15) is 34.8 Å². The molecule has 0 spiro atoms. The van der Waals surface area contributed by atoms with Gasteiger partial charge >= 0.3 is 6.18 Å². The molecule has 2 heterocycles. The summed E-state index contributed by atoms with van der Waals surface area (Å²) in [6, 6.07) is 3.23. The van der Waals surface area contributed by atoms with Crippen LogP contribution in [0.25, 0.3) is 5.69 Å². The molecule has 0 unspecified atom stereocenters. The van der Waals surface area contributed by atoms with Crippen molar-refractivity contribution in [1.29, 1.82) is 0 Å². The van der Waals surface area contributed by atoms with Gasteiger partial charge in [0.25, 0.3) is 0 Å². The molecule has 2 aromatic rings. The number of pyridine rings is 1. The molecule has 2 aromatic heterocycles. The number of hydrogen-bond donors (Lipinski definition) is 0. The second-order valence-corrected chi connectivity index (χ2v) is 7.29. The first kappa shape index (κ1) is 21.4. The van der Waals surface area contributed by atoms with E-state index in [2.05, 4.69) is 5.10 Å². The number of alkyl halides is 3. The molecule has 0 fully saturated rings. The minimum Gasteiger partial charge on any atom is -0.619 e. The normalized spacial score (nSPS) is 11.6. The molecule has 27 heavy (non-hydrogen) atoms. The van der Waals surface area contributed by atoms with Gasteiger partial charge in [0, 0.05) is 31.7 Å². The summed E-state index contributed by atoms with van der Waals surface area (Å²) < 4.78 is 38.2. The molecular formula is C16H18ClF3N4O2S. The molecule has 0 N–H and O–H groups in total. The van der Waals surface area contributed by atoms with E-state index >= 15 is 0 Å². The number of hydrogen-bond acceptors (Lipinski definition) is 4. The summed E-state index contributed by atoms with van der Waals surface area (Å²) in [5.41, 5.74) is 0.867. The van der Waals surface area contributed by atoms with Gasteiger partial charge in [-0.05, 0) is 18.2 Å². The number of nitrogens with zero attached hydrogens (tertiary/aromatic N) is 4. The highest BCUT2D eigenvalue weighted by Crippen LogP contribution is 2.26. The lowest BCUT2D eigenvalue weighted by Gasteiger charge is -2.15. The predicted octanol–water partition coefficient (Wildman–Crippen LogP) is 3.59. The first-order chi connectivity index (χ1) is 12.7. The van der Waals surface area contributed by atoms with Crippen molar-refractivity contribution >= 4 is 35.0 Å². The van der Waals surface area contributed by atoms with Crippen molar-refractivity contribution in [2.45, 2.75) is 25.4 Å². The lowest BCUT2D eigenvalue weighted by molar-refractivity contribution is -0.605. The predicted molar refractivity (Wildman–Crippen MR) is 98.2 cm³/mol. The zero-order valence-corrected chi connectivity index (χ0v) is 16.0. The van der Waals surface area contributed by atoms with E-state index in [1.807, 2.05) is 0 Å². The third kappa shape index (κ3) is 6.62. The third-order valence-electron chi connectivity index (χ3n) is 3.62. The van der Waals surface area contributed by atoms with Crippen LogP contribution in [0.4, 0.5) is 18.9 Å². The van der Waals surface area contributed by atoms with E-state index in [1.54, 1.807) is 19.2 Å². The SMILES string of the molecule is CN(C(=O)CCSCCCC(F)(F)F)c1cn(-c2ccc[n+]([O-])c2)nc1Cl. The number of aromatic nitrogens is 3. The average molecular weight is 423 g/mol. The molecule has 1 amide bonds. The summed E-state index contributed by atoms with van der Waals surface area (Å²) in [5, 5.41) is 15.6. The first-order valence-electron chi connectivity index (χ1n) is 8.03. The molecule has 0 aromatic carbocycles. The second kappa shape index (κ2) is 9.32. The summed E-state index contributed by atoms with van der Waals surface area (Å²) in [5.74, 6) is 0.534. The van der Waals surface area contributed by atoms with Crippen LogP contribution in [0.2, 0.25) is 5.15 Å². The fourth-order valence-electron chi connectivity index (χ4n) is 2.22. The van der Waals surface area contributed by atoms with Gasteiger partial charge in [0.05, 0.1) is 6.20 Å². The van der Waals surface area contributed by atoms with Crippen LogP contribution in [0, 0.1) is 5.21 Å². The van der Waals surface area contributed by atoms with Gasteiger partial charge in [-0.1, -0.05) is 11.6 Å². The van der Waals surface area contributed by atoms with Gasteiger partial charge in [0.2, 0.25) is 12.1 Å². The quantitative estimate of drug-likeness (QED) is 0.370. The van der Waals surface area contributed by atoms with E-state index < -0.39 is 12.6 Å². The zero-order valence-electron chi connectivity index (χ0n) is 14.4. The molecule has 0 aliphatic heterocycles. The van der Waals surface area contributed by atoms with E-state index in [0.717, 1.165) is 0 Å². The molecule has 2 rings (SSSR count). The Kier molecular flexibility index (Phi) is 7.37. The summed E-state index contributed by atoms with van der Waals surface area (Å²) in [6.07, 6.45) is -0.576. The third-order valence-corrected chi connectivity index (χ3v) is 4.96. The Bertz CT molecular complexity index is 785. The number of anilines is 1. The second-order valence-electron chi connectivity index (χ2n) is 5.71. The minimum absolute atomic E-state index is 0.0353. The van der Waals surface area contributed by atoms with Gasteiger partial charge < -0.3 is 10.1 Å². The summed E-state index contributed by atoms with van der Waals surface area (Å²) in [7, 11) is 1.54. The standard InChI is InChI=1S/C16H18ClF3N4O2S/c1-22(14(25)5-9-27-8-3-6-16(18,19)20)13-11-24(21-15(13)17)12-4-2-7-23(26)10-12/h2,4,7,10-11H,3,5-6,8-9H2,1H3. The molecule has 0 aliphatic rings. The number of carbonyl (C=O) groups excluding carboxylic acids is 1. The highest BCUT2D eigenvalue weighted by molar-refractivity contribution is 7.99. The largest absolute Gasteiger partial charge is 0.619 e. The molecule has 0 atom stereocenters. The average Bonchev–Trinajstić information content (AvgIpc) is 2.98. The smallest absolute Gasteiger partial charge is 0.389 e. The lowest BCUT2D eigenvalue weighted by atomic mass is 10.3. The lowest BCUT2D eigenvalue weighted by Crippen LogP contribution is -2.26. The molecular weight excluding hydrogens is 405 g/mol. The van der Waals surface area contributed by atoms with Crippen LogP contribution in [-0.2, 0) is 4.79 Å². The Labute approximate surface area is 163 Å². The van der Waals surface area contributed by atoms with E-state index in [9.17, 15) is 23.2 Å². The van der Waals surface area contributed by atoms with Gasteiger partial charge in [-0.3, -0.25) is 4.79 Å². The van der Waals surface area contributed by atoms with Gasteiger partial charge in [-0.15, -0.1) is 0 Å². The Morgan fingerprint density at radius 3 is 2.85 bits per heavy atom. The Morgan fingerprint density at radius 1 is 1.44 bits per heavy atom. The van der Waals surface area contributed by atoms with Crippen molar-refractivity contribution in [1.82, 2.24) is 9.78 Å². The molecule has 11 heteroatoms. The maximum atomic E-state index is 12.3. The maximum Gasteiger partial charge on any atom is 0.389 e. The van der Waals surface area contributed by atoms with Crippen LogP contribution in [0.1, 0.15) is 19.3 Å². The van der Waals surface area contributed by atoms with Crippen molar-refractivity contribution in [2.24, 2.45) is 0 Å². The van der Waals surface area contributed by atoms with Crippen molar-refractivity contribution in [3.63, 3.8) is 0 Å². The van der Waals surface area contributed by atoms with Crippen LogP contribution in [0.3, 0.4) is 0 Å². The van der Waals surface area contributed by atoms with Crippen LogP contribution < -0.4 is 9.63 Å². The zero-order chi connectivity index (χ0) is 20.0. The highest BCUT2D eigenvalue weighted by Gasteiger charge is 2.26. The molecule has 148 valence electrons. The highest BCUT2D eigenvalue weighted by atomic mass is 35.5. The number of carbonyl (C=O) groups is 1. The Balaban J connectivity index is 1.88. The van der Waals surface area contributed by atoms with E-state index in [1.165, 1.54) is 39.9 Å². The number of halogens is 4. The first-order valence-corrected chi connectivity index (χ1v) is 9.56. The van der Waals surface area contributed by atoms with E-state index in [0.29, 0.717) is 27.6 Å². The molecule has 0 saturated heterocycles. The van der Waals surface area contributed by atoms with Crippen LogP contribution in [-0.4, -0.2) is 40.4 Å². The number of amides is 1. The molecule has 0 radical (unpaired) electrons. The van der Waals surface area contributed by atoms with Crippen LogP contribution >= 0.6 is 23.4 Å². The molecule has 0 aliphatic carbocycles. The Morgan fingerprint density at radius 2 is 2.19 bits per heavy atom. The fourth-order valence-corrected chi connectivity index (χ4v) is 3.35. The molecule has 0 saturated carbocycles. The Hall–Kier alpha value is -1.94. The monoisotopic (exact) mass is 422 g/mol. The van der Waals surface area contributed by atoms with Crippen LogP contribution in [0.15, 0.2) is 30.7 Å². The van der Waals surface area contributed by atoms with Crippen molar-refractivity contribution in [2.75, 3.05) is 23.5 Å². The topological polar surface area (TPSA) is 65.1 Å².